The van der Waals surface area contributed by atoms with Crippen molar-refractivity contribution < 1.29 is 4.74 Å². The Labute approximate surface area is 119 Å². The van der Waals surface area contributed by atoms with Gasteiger partial charge in [0.2, 0.25) is 0 Å². The van der Waals surface area contributed by atoms with Gasteiger partial charge in [0.15, 0.2) is 0 Å². The third-order valence-electron chi connectivity index (χ3n) is 2.87. The molecule has 0 radical (unpaired) electrons. The number of aryl methyl sites for hydroxylation is 1. The summed E-state index contributed by atoms with van der Waals surface area (Å²) in [5.74, 6) is 0.970. The van der Waals surface area contributed by atoms with Gasteiger partial charge in [0, 0.05) is 17.3 Å². The highest BCUT2D eigenvalue weighted by Crippen LogP contribution is 2.18. The molecule has 0 heterocycles. The second kappa shape index (κ2) is 7.05. The summed E-state index contributed by atoms with van der Waals surface area (Å²) in [6, 6.07) is 15.8. The zero-order valence-electron chi connectivity index (χ0n) is 11.0. The fraction of sp³-hybridized carbons (Fsp3) is 0.250. The monoisotopic (exact) mass is 275 g/mol. The average molecular weight is 276 g/mol. The molecule has 3 heteroatoms. The van der Waals surface area contributed by atoms with E-state index in [1.54, 1.807) is 0 Å². The summed E-state index contributed by atoms with van der Waals surface area (Å²) in [7, 11) is 0. The topological polar surface area (TPSA) is 21.3 Å². The van der Waals surface area contributed by atoms with E-state index in [0.29, 0.717) is 6.61 Å². The number of benzene rings is 2. The second-order valence-corrected chi connectivity index (χ2v) is 4.68. The van der Waals surface area contributed by atoms with E-state index in [4.69, 9.17) is 16.3 Å². The van der Waals surface area contributed by atoms with Gasteiger partial charge in [-0.3, -0.25) is 0 Å². The highest BCUT2D eigenvalue weighted by atomic mass is 35.5. The molecule has 2 aromatic carbocycles. The maximum Gasteiger partial charge on any atom is 0.122 e. The molecule has 100 valence electrons. The van der Waals surface area contributed by atoms with Crippen molar-refractivity contribution in [2.45, 2.75) is 13.3 Å². The smallest absolute Gasteiger partial charge is 0.122 e. The Morgan fingerprint density at radius 2 is 1.95 bits per heavy atom. The SMILES string of the molecule is CCc1ccccc1OCCNc1cccc(Cl)c1. The highest BCUT2D eigenvalue weighted by Gasteiger charge is 2.00. The largest absolute Gasteiger partial charge is 0.491 e. The average Bonchev–Trinajstić information content (AvgIpc) is 2.44. The fourth-order valence-electron chi connectivity index (χ4n) is 1.89. The Hall–Kier alpha value is -1.67. The van der Waals surface area contributed by atoms with E-state index in [9.17, 15) is 0 Å². The molecule has 0 aliphatic heterocycles. The van der Waals surface area contributed by atoms with Crippen LogP contribution in [0.15, 0.2) is 48.5 Å². The summed E-state index contributed by atoms with van der Waals surface area (Å²) in [4.78, 5) is 0. The standard InChI is InChI=1S/C16H18ClNO/c1-2-13-6-3-4-9-16(13)19-11-10-18-15-8-5-7-14(17)12-15/h3-9,12,18H,2,10-11H2,1H3. The second-order valence-electron chi connectivity index (χ2n) is 4.25. The number of anilines is 1. The van der Waals surface area contributed by atoms with Crippen LogP contribution >= 0.6 is 11.6 Å². The Morgan fingerprint density at radius 1 is 1.11 bits per heavy atom. The molecule has 0 unspecified atom stereocenters. The zero-order chi connectivity index (χ0) is 13.5. The van der Waals surface area contributed by atoms with Gasteiger partial charge in [-0.25, -0.2) is 0 Å². The molecule has 2 rings (SSSR count). The van der Waals surface area contributed by atoms with E-state index in [1.807, 2.05) is 42.5 Å². The molecule has 1 N–H and O–H groups in total. The molecule has 2 nitrogen and oxygen atoms in total. The third kappa shape index (κ3) is 4.18. The summed E-state index contributed by atoms with van der Waals surface area (Å²) in [5.41, 5.74) is 2.25. The van der Waals surface area contributed by atoms with Gasteiger partial charge in [0.25, 0.3) is 0 Å². The van der Waals surface area contributed by atoms with Gasteiger partial charge >= 0.3 is 0 Å². The first kappa shape index (κ1) is 13.8. The fourth-order valence-corrected chi connectivity index (χ4v) is 2.08. The van der Waals surface area contributed by atoms with Crippen LogP contribution < -0.4 is 10.1 Å². The van der Waals surface area contributed by atoms with Crippen LogP contribution in [0.5, 0.6) is 5.75 Å². The van der Waals surface area contributed by atoms with E-state index in [1.165, 1.54) is 5.56 Å². The Bertz CT molecular complexity index is 528. The van der Waals surface area contributed by atoms with Crippen LogP contribution in [0, 0.1) is 0 Å². The molecular formula is C16H18ClNO. The van der Waals surface area contributed by atoms with Crippen LogP contribution in [0.4, 0.5) is 5.69 Å². The molecular weight excluding hydrogens is 258 g/mol. The lowest BCUT2D eigenvalue weighted by molar-refractivity contribution is 0.329. The summed E-state index contributed by atoms with van der Waals surface area (Å²) in [6.07, 6.45) is 0.984. The number of nitrogens with one attached hydrogen (secondary N) is 1. The minimum absolute atomic E-state index is 0.628. The van der Waals surface area contributed by atoms with E-state index in [-0.39, 0.29) is 0 Å². The van der Waals surface area contributed by atoms with Crippen LogP contribution in [0.1, 0.15) is 12.5 Å². The minimum atomic E-state index is 0.628. The van der Waals surface area contributed by atoms with Gasteiger partial charge in [-0.05, 0) is 36.2 Å². The van der Waals surface area contributed by atoms with Crippen molar-refractivity contribution in [3.8, 4) is 5.75 Å². The van der Waals surface area contributed by atoms with Crippen LogP contribution in [-0.4, -0.2) is 13.2 Å². The molecule has 0 saturated heterocycles. The number of halogens is 1. The van der Waals surface area contributed by atoms with Crippen molar-refractivity contribution in [3.05, 3.63) is 59.1 Å². The van der Waals surface area contributed by atoms with E-state index in [0.717, 1.165) is 29.4 Å². The molecule has 0 spiro atoms. The van der Waals surface area contributed by atoms with Gasteiger partial charge in [-0.1, -0.05) is 42.8 Å². The van der Waals surface area contributed by atoms with Crippen molar-refractivity contribution >= 4 is 17.3 Å². The molecule has 0 aliphatic carbocycles. The summed E-state index contributed by atoms with van der Waals surface area (Å²) in [5, 5.41) is 4.02. The zero-order valence-corrected chi connectivity index (χ0v) is 11.8. The highest BCUT2D eigenvalue weighted by molar-refractivity contribution is 6.30. The third-order valence-corrected chi connectivity index (χ3v) is 3.10. The summed E-state index contributed by atoms with van der Waals surface area (Å²) in [6.45, 7) is 3.51. The lowest BCUT2D eigenvalue weighted by Crippen LogP contribution is -2.12. The predicted octanol–water partition coefficient (Wildman–Crippen LogP) is 4.39. The molecule has 0 atom stereocenters. The number of para-hydroxylation sites is 1. The number of hydrogen-bond donors (Lipinski definition) is 1. The van der Waals surface area contributed by atoms with Crippen molar-refractivity contribution in [2.24, 2.45) is 0 Å². The molecule has 2 aromatic rings. The maximum absolute atomic E-state index is 5.92. The maximum atomic E-state index is 5.92. The van der Waals surface area contributed by atoms with Crippen molar-refractivity contribution in [1.29, 1.82) is 0 Å². The first-order valence-electron chi connectivity index (χ1n) is 6.49. The number of hydrogen-bond acceptors (Lipinski definition) is 2. The first-order valence-corrected chi connectivity index (χ1v) is 6.87. The molecule has 0 fully saturated rings. The normalized spacial score (nSPS) is 10.2. The van der Waals surface area contributed by atoms with Gasteiger partial charge in [-0.2, -0.15) is 0 Å². The molecule has 0 amide bonds. The molecule has 0 aromatic heterocycles. The molecule has 0 bridgehead atoms. The lowest BCUT2D eigenvalue weighted by atomic mass is 10.1. The van der Waals surface area contributed by atoms with Crippen molar-refractivity contribution in [1.82, 2.24) is 0 Å². The van der Waals surface area contributed by atoms with Crippen molar-refractivity contribution in [2.75, 3.05) is 18.5 Å². The van der Waals surface area contributed by atoms with Gasteiger partial charge < -0.3 is 10.1 Å². The molecule has 0 saturated carbocycles. The van der Waals surface area contributed by atoms with Crippen LogP contribution in [0.2, 0.25) is 5.02 Å². The van der Waals surface area contributed by atoms with E-state index < -0.39 is 0 Å². The van der Waals surface area contributed by atoms with Crippen LogP contribution in [0.25, 0.3) is 0 Å². The lowest BCUT2D eigenvalue weighted by Gasteiger charge is -2.11. The number of rotatable bonds is 6. The van der Waals surface area contributed by atoms with E-state index in [2.05, 4.69) is 18.3 Å². The Kier molecular flexibility index (Phi) is 5.10. The van der Waals surface area contributed by atoms with Gasteiger partial charge in [0.05, 0.1) is 0 Å². The summed E-state index contributed by atoms with van der Waals surface area (Å²) < 4.78 is 5.78. The van der Waals surface area contributed by atoms with Crippen LogP contribution in [-0.2, 0) is 6.42 Å². The predicted molar refractivity (Wildman–Crippen MR) is 81.3 cm³/mol. The Morgan fingerprint density at radius 3 is 2.74 bits per heavy atom. The van der Waals surface area contributed by atoms with E-state index >= 15 is 0 Å². The molecule has 19 heavy (non-hydrogen) atoms. The first-order chi connectivity index (χ1) is 9.29. The minimum Gasteiger partial charge on any atom is -0.491 e. The van der Waals surface area contributed by atoms with Crippen molar-refractivity contribution in [3.63, 3.8) is 0 Å². The van der Waals surface area contributed by atoms with Gasteiger partial charge in [-0.15, -0.1) is 0 Å². The quantitative estimate of drug-likeness (QED) is 0.789. The Balaban J connectivity index is 1.81. The summed E-state index contributed by atoms with van der Waals surface area (Å²) >= 11 is 5.92. The van der Waals surface area contributed by atoms with Crippen LogP contribution in [0.3, 0.4) is 0 Å². The van der Waals surface area contributed by atoms with Gasteiger partial charge in [0.1, 0.15) is 12.4 Å². The number of ether oxygens (including phenoxy) is 1. The molecule has 0 aliphatic rings.